The molecular weight excluding hydrogens is 293 g/mol. The molecule has 2 atom stereocenters. The number of hydrogen-bond donors (Lipinski definition) is 0. The highest BCUT2D eigenvalue weighted by Gasteiger charge is 2.35. The Balaban J connectivity index is 1.57. The maximum atomic E-state index is 13.8. The Labute approximate surface area is 137 Å². The second-order valence-electron chi connectivity index (χ2n) is 6.87. The van der Waals surface area contributed by atoms with Crippen molar-refractivity contribution in [3.8, 4) is 0 Å². The fraction of sp³-hybridized carbons (Fsp3) is 0.611. The van der Waals surface area contributed by atoms with Crippen molar-refractivity contribution in [2.45, 2.75) is 26.4 Å². The number of hydrogen-bond acceptors (Lipinski definition) is 3. The lowest BCUT2D eigenvalue weighted by Gasteiger charge is -2.39. The van der Waals surface area contributed by atoms with Crippen LogP contribution in [-0.2, 0) is 11.3 Å². The van der Waals surface area contributed by atoms with Crippen LogP contribution in [-0.4, -0.2) is 65.9 Å². The van der Waals surface area contributed by atoms with E-state index >= 15 is 0 Å². The van der Waals surface area contributed by atoms with Gasteiger partial charge in [-0.15, -0.1) is 0 Å². The minimum Gasteiger partial charge on any atom is -0.340 e. The molecule has 1 amide bonds. The summed E-state index contributed by atoms with van der Waals surface area (Å²) in [6, 6.07) is 7.56. The molecule has 2 saturated heterocycles. The molecule has 126 valence electrons. The lowest BCUT2D eigenvalue weighted by molar-refractivity contribution is -0.130. The molecule has 0 aliphatic carbocycles. The molecule has 0 radical (unpaired) electrons. The summed E-state index contributed by atoms with van der Waals surface area (Å²) < 4.78 is 13.8. The predicted octanol–water partition coefficient (Wildman–Crippen LogP) is 1.81. The molecule has 2 aliphatic heterocycles. The molecule has 0 bridgehead atoms. The van der Waals surface area contributed by atoms with Crippen LogP contribution in [0.1, 0.15) is 19.4 Å². The van der Waals surface area contributed by atoms with Crippen molar-refractivity contribution >= 4 is 5.91 Å². The second-order valence-corrected chi connectivity index (χ2v) is 6.87. The summed E-state index contributed by atoms with van der Waals surface area (Å²) >= 11 is 0. The standard InChI is InChI=1S/C18H26FN3O/c1-14-11-20(12-16-5-3-4-6-17(16)19)13-18(14)22-9-7-21(8-10-22)15(2)23/h3-6,14,18H,7-13H2,1-2H3/t14-,18+/m1/s1. The summed E-state index contributed by atoms with van der Waals surface area (Å²) in [6.45, 7) is 10.1. The molecule has 0 spiro atoms. The van der Waals surface area contributed by atoms with Crippen LogP contribution in [0.5, 0.6) is 0 Å². The van der Waals surface area contributed by atoms with Crippen LogP contribution in [0.4, 0.5) is 4.39 Å². The van der Waals surface area contributed by atoms with E-state index in [-0.39, 0.29) is 11.7 Å². The Hall–Kier alpha value is -1.46. The van der Waals surface area contributed by atoms with E-state index in [0.29, 0.717) is 18.5 Å². The average Bonchev–Trinajstić information content (AvgIpc) is 2.90. The van der Waals surface area contributed by atoms with Crippen LogP contribution in [0.15, 0.2) is 24.3 Å². The molecule has 3 rings (SSSR count). The van der Waals surface area contributed by atoms with Crippen molar-refractivity contribution in [2.75, 3.05) is 39.3 Å². The van der Waals surface area contributed by atoms with Crippen molar-refractivity contribution in [1.82, 2.24) is 14.7 Å². The van der Waals surface area contributed by atoms with Gasteiger partial charge in [0.1, 0.15) is 5.82 Å². The molecule has 1 aromatic carbocycles. The summed E-state index contributed by atoms with van der Waals surface area (Å²) in [5, 5.41) is 0. The Morgan fingerprint density at radius 3 is 2.52 bits per heavy atom. The molecular formula is C18H26FN3O. The first-order valence-electron chi connectivity index (χ1n) is 8.50. The lowest BCUT2D eigenvalue weighted by atomic mass is 10.0. The molecule has 1 aromatic rings. The summed E-state index contributed by atoms with van der Waals surface area (Å²) in [5.41, 5.74) is 0.779. The number of carbonyl (C=O) groups is 1. The average molecular weight is 319 g/mol. The molecule has 2 aliphatic rings. The maximum Gasteiger partial charge on any atom is 0.219 e. The molecule has 0 unspecified atom stereocenters. The van der Waals surface area contributed by atoms with Gasteiger partial charge in [0.25, 0.3) is 0 Å². The van der Waals surface area contributed by atoms with E-state index in [2.05, 4.69) is 16.7 Å². The largest absolute Gasteiger partial charge is 0.340 e. The number of nitrogens with zero attached hydrogens (tertiary/aromatic N) is 3. The van der Waals surface area contributed by atoms with E-state index in [1.807, 2.05) is 17.0 Å². The summed E-state index contributed by atoms with van der Waals surface area (Å²) in [6.07, 6.45) is 0. The number of carbonyl (C=O) groups excluding carboxylic acids is 1. The van der Waals surface area contributed by atoms with Crippen LogP contribution in [0, 0.1) is 11.7 Å². The van der Waals surface area contributed by atoms with Crippen molar-refractivity contribution in [2.24, 2.45) is 5.92 Å². The SMILES string of the molecule is CC(=O)N1CCN([C@H]2CN(Cc3ccccc3F)C[C@H]2C)CC1. The third kappa shape index (κ3) is 3.72. The summed E-state index contributed by atoms with van der Waals surface area (Å²) in [5.74, 6) is 0.634. The minimum absolute atomic E-state index is 0.112. The zero-order valence-electron chi connectivity index (χ0n) is 14.0. The molecule has 2 fully saturated rings. The van der Waals surface area contributed by atoms with Gasteiger partial charge in [0.05, 0.1) is 0 Å². The first-order chi connectivity index (χ1) is 11.0. The number of rotatable bonds is 3. The van der Waals surface area contributed by atoms with Gasteiger partial charge in [-0.05, 0) is 12.0 Å². The Morgan fingerprint density at radius 2 is 1.87 bits per heavy atom. The Morgan fingerprint density at radius 1 is 1.17 bits per heavy atom. The number of piperazine rings is 1. The summed E-state index contributed by atoms with van der Waals surface area (Å²) in [7, 11) is 0. The van der Waals surface area contributed by atoms with Gasteiger partial charge in [0.15, 0.2) is 0 Å². The van der Waals surface area contributed by atoms with E-state index < -0.39 is 0 Å². The smallest absolute Gasteiger partial charge is 0.219 e. The van der Waals surface area contributed by atoms with Gasteiger partial charge in [-0.3, -0.25) is 14.6 Å². The van der Waals surface area contributed by atoms with E-state index in [1.165, 1.54) is 6.07 Å². The van der Waals surface area contributed by atoms with Gasteiger partial charge in [-0.2, -0.15) is 0 Å². The Kier molecular flexibility index (Phi) is 4.97. The zero-order valence-corrected chi connectivity index (χ0v) is 14.0. The van der Waals surface area contributed by atoms with Crippen LogP contribution >= 0.6 is 0 Å². The molecule has 0 N–H and O–H groups in total. The number of amides is 1. The first kappa shape index (κ1) is 16.4. The molecule has 23 heavy (non-hydrogen) atoms. The van der Waals surface area contributed by atoms with Gasteiger partial charge in [0.2, 0.25) is 5.91 Å². The third-order valence-corrected chi connectivity index (χ3v) is 5.23. The number of benzene rings is 1. The van der Waals surface area contributed by atoms with Crippen LogP contribution in [0.3, 0.4) is 0 Å². The highest BCUT2D eigenvalue weighted by molar-refractivity contribution is 5.73. The maximum absolute atomic E-state index is 13.8. The van der Waals surface area contributed by atoms with Crippen molar-refractivity contribution in [3.63, 3.8) is 0 Å². The van der Waals surface area contributed by atoms with Crippen LogP contribution < -0.4 is 0 Å². The second kappa shape index (κ2) is 6.97. The molecule has 0 saturated carbocycles. The first-order valence-corrected chi connectivity index (χ1v) is 8.50. The fourth-order valence-corrected chi connectivity index (χ4v) is 3.89. The van der Waals surface area contributed by atoms with Gasteiger partial charge in [0, 0.05) is 64.3 Å². The quantitative estimate of drug-likeness (QED) is 0.850. The van der Waals surface area contributed by atoms with Gasteiger partial charge in [-0.1, -0.05) is 25.1 Å². The normalized spacial score (nSPS) is 26.7. The van der Waals surface area contributed by atoms with Crippen LogP contribution in [0.25, 0.3) is 0 Å². The van der Waals surface area contributed by atoms with Crippen molar-refractivity contribution in [3.05, 3.63) is 35.6 Å². The lowest BCUT2D eigenvalue weighted by Crippen LogP contribution is -2.53. The fourth-order valence-electron chi connectivity index (χ4n) is 3.89. The zero-order chi connectivity index (χ0) is 16.4. The minimum atomic E-state index is -0.112. The number of halogens is 1. The Bertz CT molecular complexity index is 557. The third-order valence-electron chi connectivity index (χ3n) is 5.23. The van der Waals surface area contributed by atoms with E-state index in [4.69, 9.17) is 0 Å². The molecule has 0 aromatic heterocycles. The van der Waals surface area contributed by atoms with Crippen molar-refractivity contribution in [1.29, 1.82) is 0 Å². The monoisotopic (exact) mass is 319 g/mol. The van der Waals surface area contributed by atoms with E-state index in [9.17, 15) is 9.18 Å². The van der Waals surface area contributed by atoms with Gasteiger partial charge in [-0.25, -0.2) is 4.39 Å². The molecule has 2 heterocycles. The molecule has 5 heteroatoms. The van der Waals surface area contributed by atoms with Gasteiger partial charge < -0.3 is 4.90 Å². The highest BCUT2D eigenvalue weighted by Crippen LogP contribution is 2.25. The molecule has 4 nitrogen and oxygen atoms in total. The predicted molar refractivity (Wildman–Crippen MR) is 88.5 cm³/mol. The summed E-state index contributed by atoms with van der Waals surface area (Å²) in [4.78, 5) is 18.2. The number of likely N-dealkylation sites (tertiary alicyclic amines) is 1. The van der Waals surface area contributed by atoms with Gasteiger partial charge >= 0.3 is 0 Å². The highest BCUT2D eigenvalue weighted by atomic mass is 19.1. The topological polar surface area (TPSA) is 26.8 Å². The van der Waals surface area contributed by atoms with Crippen LogP contribution in [0.2, 0.25) is 0 Å². The van der Waals surface area contributed by atoms with E-state index in [0.717, 1.165) is 44.8 Å². The van der Waals surface area contributed by atoms with Crippen molar-refractivity contribution < 1.29 is 9.18 Å². The van der Waals surface area contributed by atoms with E-state index in [1.54, 1.807) is 13.0 Å².